The van der Waals surface area contributed by atoms with Crippen molar-refractivity contribution in [3.05, 3.63) is 39.3 Å². The zero-order valence-corrected chi connectivity index (χ0v) is 10.3. The van der Waals surface area contributed by atoms with E-state index < -0.39 is 5.82 Å². The molecule has 0 fully saturated rings. The Kier molecular flexibility index (Phi) is 2.69. The Labute approximate surface area is 107 Å². The predicted octanol–water partition coefficient (Wildman–Crippen LogP) is 3.75. The van der Waals surface area contributed by atoms with Gasteiger partial charge in [0.05, 0.1) is 23.9 Å². The Morgan fingerprint density at radius 1 is 1.29 bits per heavy atom. The van der Waals surface area contributed by atoms with Gasteiger partial charge in [-0.05, 0) is 12.1 Å². The van der Waals surface area contributed by atoms with Gasteiger partial charge in [0.2, 0.25) is 0 Å². The minimum absolute atomic E-state index is 0.278. The zero-order valence-electron chi connectivity index (χ0n) is 8.77. The molecule has 0 unspecified atom stereocenters. The normalized spacial score (nSPS) is 15.0. The molecule has 2 aromatic rings. The highest BCUT2D eigenvalue weighted by atomic mass is 35.5. The van der Waals surface area contributed by atoms with Gasteiger partial charge in [-0.2, -0.15) is 0 Å². The smallest absolute Gasteiger partial charge is 0.150 e. The molecule has 0 aliphatic carbocycles. The fourth-order valence-electron chi connectivity index (χ4n) is 2.04. The van der Waals surface area contributed by atoms with Gasteiger partial charge in [-0.25, -0.2) is 9.37 Å². The van der Waals surface area contributed by atoms with Crippen molar-refractivity contribution in [1.29, 1.82) is 0 Å². The molecule has 0 N–H and O–H groups in total. The fraction of sp³-hybridized carbons (Fsp3) is 0.250. The first kappa shape index (κ1) is 11.2. The topological polar surface area (TPSA) is 22.1 Å². The number of aromatic nitrogens is 1. The lowest BCUT2D eigenvalue weighted by Crippen LogP contribution is -2.13. The predicted molar refractivity (Wildman–Crippen MR) is 65.1 cm³/mol. The van der Waals surface area contributed by atoms with Gasteiger partial charge in [-0.1, -0.05) is 23.2 Å². The first-order chi connectivity index (χ1) is 8.16. The number of fused-ring (bicyclic) bond motifs is 2. The number of benzene rings is 1. The van der Waals surface area contributed by atoms with E-state index in [1.807, 2.05) is 0 Å². The van der Waals surface area contributed by atoms with Crippen LogP contribution in [0.25, 0.3) is 10.9 Å². The minimum Gasteiger partial charge on any atom is -0.376 e. The second-order valence-corrected chi connectivity index (χ2v) is 4.75. The van der Waals surface area contributed by atoms with Crippen molar-refractivity contribution < 1.29 is 9.13 Å². The Balaban J connectivity index is 2.40. The third kappa shape index (κ3) is 1.79. The Hall–Kier alpha value is -0.900. The fourth-order valence-corrected chi connectivity index (χ4v) is 2.55. The molecule has 0 amide bonds. The average molecular weight is 272 g/mol. The molecule has 0 bridgehead atoms. The highest BCUT2D eigenvalue weighted by Gasteiger charge is 2.19. The van der Waals surface area contributed by atoms with E-state index in [-0.39, 0.29) is 5.52 Å². The van der Waals surface area contributed by atoms with Gasteiger partial charge in [0.15, 0.2) is 5.82 Å². The molecule has 5 heteroatoms. The molecule has 3 rings (SSSR count). The number of hydrogen-bond acceptors (Lipinski definition) is 2. The third-order valence-electron chi connectivity index (χ3n) is 2.85. The number of halogens is 3. The van der Waals surface area contributed by atoms with Gasteiger partial charge in [0, 0.05) is 22.4 Å². The van der Waals surface area contributed by atoms with Gasteiger partial charge < -0.3 is 4.74 Å². The van der Waals surface area contributed by atoms with Crippen LogP contribution in [-0.4, -0.2) is 11.6 Å². The molecule has 1 aromatic carbocycles. The first-order valence-electron chi connectivity index (χ1n) is 5.20. The lowest BCUT2D eigenvalue weighted by Gasteiger charge is -2.18. The van der Waals surface area contributed by atoms with Crippen LogP contribution in [-0.2, 0) is 17.8 Å². The van der Waals surface area contributed by atoms with Crippen molar-refractivity contribution in [3.63, 3.8) is 0 Å². The summed E-state index contributed by atoms with van der Waals surface area (Å²) in [6, 6.07) is 2.88. The van der Waals surface area contributed by atoms with Gasteiger partial charge in [-0.15, -0.1) is 0 Å². The van der Waals surface area contributed by atoms with Crippen LogP contribution in [0, 0.1) is 5.82 Å². The SMILES string of the molecule is Fc1cc(Cl)cc2c(Cl)c3c(nc12)CCOC3. The number of rotatable bonds is 0. The molecule has 2 heterocycles. The first-order valence-corrected chi connectivity index (χ1v) is 5.96. The number of pyridine rings is 1. The molecule has 0 spiro atoms. The molecule has 0 atom stereocenters. The molecular weight excluding hydrogens is 264 g/mol. The van der Waals surface area contributed by atoms with Crippen LogP contribution in [0.5, 0.6) is 0 Å². The summed E-state index contributed by atoms with van der Waals surface area (Å²) in [5.74, 6) is -0.441. The highest BCUT2D eigenvalue weighted by Crippen LogP contribution is 2.33. The standard InChI is InChI=1S/C12H8Cl2FNO/c13-6-3-7-11(14)8-5-17-2-1-10(8)16-12(7)9(15)4-6/h3-4H,1-2,5H2. The second kappa shape index (κ2) is 4.09. The van der Waals surface area contributed by atoms with Crippen LogP contribution in [0.1, 0.15) is 11.3 Å². The third-order valence-corrected chi connectivity index (χ3v) is 3.50. The molecule has 88 valence electrons. The molecule has 0 saturated carbocycles. The summed E-state index contributed by atoms with van der Waals surface area (Å²) < 4.78 is 19.1. The zero-order chi connectivity index (χ0) is 12.0. The summed E-state index contributed by atoms with van der Waals surface area (Å²) in [5.41, 5.74) is 1.93. The van der Waals surface area contributed by atoms with Crippen molar-refractivity contribution in [3.8, 4) is 0 Å². The van der Waals surface area contributed by atoms with Crippen LogP contribution in [0.2, 0.25) is 10.0 Å². The lowest BCUT2D eigenvalue weighted by atomic mass is 10.1. The van der Waals surface area contributed by atoms with Gasteiger partial charge in [0.25, 0.3) is 0 Å². The molecule has 1 aromatic heterocycles. The lowest BCUT2D eigenvalue weighted by molar-refractivity contribution is 0.109. The summed E-state index contributed by atoms with van der Waals surface area (Å²) in [4.78, 5) is 4.32. The Morgan fingerprint density at radius 3 is 2.94 bits per heavy atom. The highest BCUT2D eigenvalue weighted by molar-refractivity contribution is 6.37. The van der Waals surface area contributed by atoms with E-state index in [9.17, 15) is 4.39 Å². The molecule has 1 aliphatic heterocycles. The van der Waals surface area contributed by atoms with E-state index in [1.54, 1.807) is 6.07 Å². The summed E-state index contributed by atoms with van der Waals surface area (Å²) in [6.45, 7) is 1.02. The van der Waals surface area contributed by atoms with E-state index in [2.05, 4.69) is 4.98 Å². The van der Waals surface area contributed by atoms with E-state index in [0.717, 1.165) is 11.3 Å². The van der Waals surface area contributed by atoms with E-state index >= 15 is 0 Å². The number of hydrogen-bond donors (Lipinski definition) is 0. The van der Waals surface area contributed by atoms with Crippen molar-refractivity contribution in [2.75, 3.05) is 6.61 Å². The van der Waals surface area contributed by atoms with E-state index in [1.165, 1.54) is 6.07 Å². The van der Waals surface area contributed by atoms with Crippen molar-refractivity contribution in [2.24, 2.45) is 0 Å². The maximum absolute atomic E-state index is 13.8. The number of nitrogens with zero attached hydrogens (tertiary/aromatic N) is 1. The Bertz CT molecular complexity index is 615. The molecule has 2 nitrogen and oxygen atoms in total. The summed E-state index contributed by atoms with van der Waals surface area (Å²) in [7, 11) is 0. The molecule has 0 saturated heterocycles. The van der Waals surface area contributed by atoms with Crippen LogP contribution < -0.4 is 0 Å². The average Bonchev–Trinajstić information content (AvgIpc) is 2.31. The van der Waals surface area contributed by atoms with Crippen LogP contribution in [0.4, 0.5) is 4.39 Å². The maximum Gasteiger partial charge on any atom is 0.150 e. The van der Waals surface area contributed by atoms with Gasteiger partial charge >= 0.3 is 0 Å². The van der Waals surface area contributed by atoms with Crippen molar-refractivity contribution in [2.45, 2.75) is 13.0 Å². The second-order valence-electron chi connectivity index (χ2n) is 3.94. The molecule has 1 aliphatic rings. The summed E-state index contributed by atoms with van der Waals surface area (Å²) in [6.07, 6.45) is 0.660. The van der Waals surface area contributed by atoms with Gasteiger partial charge in [-0.3, -0.25) is 0 Å². The van der Waals surface area contributed by atoms with E-state index in [4.69, 9.17) is 27.9 Å². The summed E-state index contributed by atoms with van der Waals surface area (Å²) >= 11 is 12.1. The Morgan fingerprint density at radius 2 is 2.12 bits per heavy atom. The molecular formula is C12H8Cl2FNO. The molecule has 17 heavy (non-hydrogen) atoms. The van der Waals surface area contributed by atoms with Crippen molar-refractivity contribution >= 4 is 34.1 Å². The van der Waals surface area contributed by atoms with Crippen LogP contribution >= 0.6 is 23.2 Å². The maximum atomic E-state index is 13.8. The number of ether oxygens (including phenoxy) is 1. The van der Waals surface area contributed by atoms with Crippen LogP contribution in [0.15, 0.2) is 12.1 Å². The largest absolute Gasteiger partial charge is 0.376 e. The molecule has 0 radical (unpaired) electrons. The quantitative estimate of drug-likeness (QED) is 0.728. The van der Waals surface area contributed by atoms with E-state index in [0.29, 0.717) is 35.1 Å². The minimum atomic E-state index is -0.441. The monoisotopic (exact) mass is 271 g/mol. The summed E-state index contributed by atoms with van der Waals surface area (Å²) in [5, 5.41) is 1.35. The van der Waals surface area contributed by atoms with Crippen LogP contribution in [0.3, 0.4) is 0 Å². The van der Waals surface area contributed by atoms with Crippen molar-refractivity contribution in [1.82, 2.24) is 4.98 Å². The van der Waals surface area contributed by atoms with Gasteiger partial charge in [0.1, 0.15) is 5.52 Å².